The number of benzene rings is 3. The molecule has 0 saturated carbocycles. The van der Waals surface area contributed by atoms with Crippen molar-refractivity contribution in [1.82, 2.24) is 5.09 Å². The first-order chi connectivity index (χ1) is 12.9. The van der Waals surface area contributed by atoms with Gasteiger partial charge < -0.3 is 9.05 Å². The molecule has 0 unspecified atom stereocenters. The van der Waals surface area contributed by atoms with Gasteiger partial charge in [-0.2, -0.15) is 5.09 Å². The first-order valence-corrected chi connectivity index (χ1v) is 10.6. The van der Waals surface area contributed by atoms with Gasteiger partial charge in [0, 0.05) is 16.1 Å². The van der Waals surface area contributed by atoms with Crippen LogP contribution in [0.25, 0.3) is 0 Å². The molecule has 0 bridgehead atoms. The average molecular weight is 422 g/mol. The van der Waals surface area contributed by atoms with E-state index in [0.29, 0.717) is 21.5 Å². The molecule has 4 nitrogen and oxygen atoms in total. The molecule has 0 amide bonds. The maximum absolute atomic E-state index is 13.5. The van der Waals surface area contributed by atoms with Gasteiger partial charge in [0.15, 0.2) is 0 Å². The third-order valence-electron chi connectivity index (χ3n) is 3.73. The van der Waals surface area contributed by atoms with E-state index in [1.54, 1.807) is 48.5 Å². The van der Waals surface area contributed by atoms with Gasteiger partial charge in [-0.25, -0.2) is 4.57 Å². The van der Waals surface area contributed by atoms with Crippen molar-refractivity contribution in [3.05, 3.63) is 94.5 Å². The lowest BCUT2D eigenvalue weighted by molar-refractivity contribution is 0.363. The quantitative estimate of drug-likeness (QED) is 0.421. The standard InChI is InChI=1S/C20H18Cl2NO3P/c1-15(16-5-3-2-4-6-16)23-27(24,25-19-11-7-17(21)8-12-19)26-20-13-9-18(22)10-14-20/h2-15H,1H3,(H,23,24)/t15-/m0/s1. The minimum absolute atomic E-state index is 0.267. The normalized spacial score (nSPS) is 12.4. The second-order valence-electron chi connectivity index (χ2n) is 5.85. The number of nitrogens with one attached hydrogen (secondary N) is 1. The fraction of sp³-hybridized carbons (Fsp3) is 0.100. The highest BCUT2D eigenvalue weighted by Crippen LogP contribution is 2.47. The molecule has 1 N–H and O–H groups in total. The smallest absolute Gasteiger partial charge is 0.405 e. The molecule has 0 saturated heterocycles. The topological polar surface area (TPSA) is 47.6 Å². The molecule has 0 aliphatic heterocycles. The second kappa shape index (κ2) is 8.81. The molecule has 140 valence electrons. The zero-order valence-corrected chi connectivity index (χ0v) is 16.9. The summed E-state index contributed by atoms with van der Waals surface area (Å²) in [5.74, 6) is 0.758. The second-order valence-corrected chi connectivity index (χ2v) is 8.34. The average Bonchev–Trinajstić information content (AvgIpc) is 2.66. The Morgan fingerprint density at radius 2 is 1.22 bits per heavy atom. The zero-order chi connectivity index (χ0) is 19.3. The molecule has 3 aromatic rings. The van der Waals surface area contributed by atoms with Crippen molar-refractivity contribution < 1.29 is 13.6 Å². The fourth-order valence-corrected chi connectivity index (χ4v) is 4.21. The predicted molar refractivity (Wildman–Crippen MR) is 110 cm³/mol. The van der Waals surface area contributed by atoms with Crippen LogP contribution in [0.15, 0.2) is 78.9 Å². The lowest BCUT2D eigenvalue weighted by atomic mass is 10.1. The Hall–Kier alpha value is -1.97. The van der Waals surface area contributed by atoms with E-state index >= 15 is 0 Å². The van der Waals surface area contributed by atoms with Crippen molar-refractivity contribution in [1.29, 1.82) is 0 Å². The highest BCUT2D eigenvalue weighted by Gasteiger charge is 2.31. The summed E-state index contributed by atoms with van der Waals surface area (Å²) in [5, 5.41) is 4.09. The molecule has 0 aliphatic carbocycles. The Morgan fingerprint density at radius 3 is 1.67 bits per heavy atom. The van der Waals surface area contributed by atoms with Crippen LogP contribution >= 0.6 is 30.9 Å². The summed E-state index contributed by atoms with van der Waals surface area (Å²) in [6, 6.07) is 22.5. The number of halogens is 2. The predicted octanol–water partition coefficient (Wildman–Crippen LogP) is 6.91. The first kappa shape index (κ1) is 19.8. The lowest BCUT2D eigenvalue weighted by Crippen LogP contribution is -2.22. The van der Waals surface area contributed by atoms with Gasteiger partial charge in [-0.3, -0.25) is 0 Å². The van der Waals surface area contributed by atoms with Crippen LogP contribution in [-0.4, -0.2) is 0 Å². The van der Waals surface area contributed by atoms with Crippen molar-refractivity contribution in [2.45, 2.75) is 13.0 Å². The molecule has 0 aliphatic rings. The van der Waals surface area contributed by atoms with E-state index in [4.69, 9.17) is 32.2 Å². The first-order valence-electron chi connectivity index (χ1n) is 8.27. The van der Waals surface area contributed by atoms with E-state index < -0.39 is 7.75 Å². The lowest BCUT2D eigenvalue weighted by Gasteiger charge is -2.24. The van der Waals surface area contributed by atoms with Gasteiger partial charge in [0.25, 0.3) is 0 Å². The van der Waals surface area contributed by atoms with Crippen LogP contribution in [0.2, 0.25) is 10.0 Å². The Balaban J connectivity index is 1.85. The van der Waals surface area contributed by atoms with Crippen molar-refractivity contribution >= 4 is 30.9 Å². The Labute approximate surface area is 168 Å². The van der Waals surface area contributed by atoms with Gasteiger partial charge in [0.1, 0.15) is 11.5 Å². The highest BCUT2D eigenvalue weighted by molar-refractivity contribution is 7.52. The molecule has 0 spiro atoms. The molecule has 1 atom stereocenters. The third-order valence-corrected chi connectivity index (χ3v) is 5.84. The number of hydrogen-bond donors (Lipinski definition) is 1. The Kier molecular flexibility index (Phi) is 6.46. The van der Waals surface area contributed by atoms with Crippen LogP contribution in [0.4, 0.5) is 0 Å². The van der Waals surface area contributed by atoms with Crippen molar-refractivity contribution in [3.63, 3.8) is 0 Å². The van der Waals surface area contributed by atoms with Crippen LogP contribution in [0.3, 0.4) is 0 Å². The zero-order valence-electron chi connectivity index (χ0n) is 14.5. The minimum Gasteiger partial charge on any atom is -0.405 e. The van der Waals surface area contributed by atoms with Gasteiger partial charge in [-0.05, 0) is 61.0 Å². The molecular weight excluding hydrogens is 404 g/mol. The minimum atomic E-state index is -3.75. The van der Waals surface area contributed by atoms with Gasteiger partial charge in [0.05, 0.1) is 0 Å². The van der Waals surface area contributed by atoms with Crippen LogP contribution < -0.4 is 14.1 Å². The van der Waals surface area contributed by atoms with Crippen LogP contribution in [-0.2, 0) is 4.57 Å². The SMILES string of the molecule is C[C@H](NP(=O)(Oc1ccc(Cl)cc1)Oc1ccc(Cl)cc1)c1ccccc1. The number of rotatable bonds is 7. The van der Waals surface area contributed by atoms with Crippen LogP contribution in [0.1, 0.15) is 18.5 Å². The molecule has 7 heteroatoms. The monoisotopic (exact) mass is 421 g/mol. The van der Waals surface area contributed by atoms with E-state index in [0.717, 1.165) is 5.56 Å². The maximum atomic E-state index is 13.5. The van der Waals surface area contributed by atoms with E-state index in [-0.39, 0.29) is 6.04 Å². The third kappa shape index (κ3) is 5.75. The number of hydrogen-bond acceptors (Lipinski definition) is 3. The van der Waals surface area contributed by atoms with E-state index in [1.165, 1.54) is 0 Å². The van der Waals surface area contributed by atoms with Gasteiger partial charge in [-0.1, -0.05) is 53.5 Å². The summed E-state index contributed by atoms with van der Waals surface area (Å²) in [5.41, 5.74) is 0.956. The molecule has 0 aromatic heterocycles. The van der Waals surface area contributed by atoms with Crippen LogP contribution in [0.5, 0.6) is 11.5 Å². The Bertz CT molecular complexity index is 867. The van der Waals surface area contributed by atoms with Crippen molar-refractivity contribution in [2.75, 3.05) is 0 Å². The summed E-state index contributed by atoms with van der Waals surface area (Å²) in [6.45, 7) is 1.89. The van der Waals surface area contributed by atoms with E-state index in [1.807, 2.05) is 37.3 Å². The van der Waals surface area contributed by atoms with Gasteiger partial charge in [0.2, 0.25) is 0 Å². The van der Waals surface area contributed by atoms with E-state index in [2.05, 4.69) is 5.09 Å². The highest BCUT2D eigenvalue weighted by atomic mass is 35.5. The molecule has 3 aromatic carbocycles. The van der Waals surface area contributed by atoms with Crippen molar-refractivity contribution in [3.8, 4) is 11.5 Å². The van der Waals surface area contributed by atoms with Gasteiger partial charge >= 0.3 is 7.75 Å². The molecule has 0 heterocycles. The van der Waals surface area contributed by atoms with E-state index in [9.17, 15) is 4.57 Å². The Morgan fingerprint density at radius 1 is 0.778 bits per heavy atom. The molecule has 3 rings (SSSR count). The maximum Gasteiger partial charge on any atom is 0.513 e. The molecule has 0 fully saturated rings. The summed E-state index contributed by atoms with van der Waals surface area (Å²) in [6.07, 6.45) is 0. The summed E-state index contributed by atoms with van der Waals surface area (Å²) in [7, 11) is -3.75. The summed E-state index contributed by atoms with van der Waals surface area (Å²) >= 11 is 11.8. The summed E-state index contributed by atoms with van der Waals surface area (Å²) in [4.78, 5) is 0. The van der Waals surface area contributed by atoms with Gasteiger partial charge in [-0.15, -0.1) is 0 Å². The summed E-state index contributed by atoms with van der Waals surface area (Å²) < 4.78 is 24.9. The molecule has 0 radical (unpaired) electrons. The van der Waals surface area contributed by atoms with Crippen molar-refractivity contribution in [2.24, 2.45) is 0 Å². The molecular formula is C20H18Cl2NO3P. The molecule has 27 heavy (non-hydrogen) atoms. The largest absolute Gasteiger partial charge is 0.513 e. The van der Waals surface area contributed by atoms with Crippen LogP contribution in [0, 0.1) is 0 Å². The fourth-order valence-electron chi connectivity index (χ4n) is 2.39.